The number of amides is 1. The number of aromatic nitrogens is 2. The standard InChI is InChI=1S/C29H29FN4O4S/c1-4-19-13-21(30)11-17(2)27(19)28(35)33-24(29(36)37)12-18-5-7-20(8-6-18)25-14-22(34-39-25)16-32-26-15-23(38-3)9-10-31-26/h5-11,13-15,24H,4,12,16H2,1-3H3,(H,31,32)(H,33,35)(H,36,37). The number of anilines is 1. The maximum absolute atomic E-state index is 13.8. The van der Waals surface area contributed by atoms with Gasteiger partial charge in [0.25, 0.3) is 5.91 Å². The first-order valence-corrected chi connectivity index (χ1v) is 13.2. The predicted octanol–water partition coefficient (Wildman–Crippen LogP) is 5.26. The normalized spacial score (nSPS) is 11.6. The number of aryl methyl sites for hydroxylation is 2. The number of methoxy groups -OCH3 is 1. The third-order valence-corrected chi connectivity index (χ3v) is 7.12. The van der Waals surface area contributed by atoms with Crippen molar-refractivity contribution in [2.24, 2.45) is 0 Å². The van der Waals surface area contributed by atoms with Gasteiger partial charge in [-0.25, -0.2) is 14.2 Å². The number of pyridine rings is 1. The SMILES string of the molecule is CCc1cc(F)cc(C)c1C(=O)NC(Cc1ccc(-c2cc(CNc3cc(OC)ccn3)ns2)cc1)C(=O)O. The Morgan fingerprint density at radius 1 is 1.13 bits per heavy atom. The molecule has 0 saturated heterocycles. The van der Waals surface area contributed by atoms with E-state index in [1.165, 1.54) is 23.7 Å². The Hall–Kier alpha value is -4.31. The fourth-order valence-corrected chi connectivity index (χ4v) is 5.00. The van der Waals surface area contributed by atoms with Crippen molar-refractivity contribution in [3.63, 3.8) is 0 Å². The van der Waals surface area contributed by atoms with Crippen LogP contribution in [-0.4, -0.2) is 39.5 Å². The number of hydrogen-bond donors (Lipinski definition) is 3. The molecule has 0 aliphatic heterocycles. The van der Waals surface area contributed by atoms with Crippen LogP contribution >= 0.6 is 11.5 Å². The van der Waals surface area contributed by atoms with Crippen molar-refractivity contribution in [1.29, 1.82) is 0 Å². The summed E-state index contributed by atoms with van der Waals surface area (Å²) in [4.78, 5) is 30.2. The summed E-state index contributed by atoms with van der Waals surface area (Å²) in [6.45, 7) is 3.96. The Bertz CT molecular complexity index is 1470. The number of benzene rings is 2. The molecule has 0 fully saturated rings. The van der Waals surface area contributed by atoms with Crippen molar-refractivity contribution >= 4 is 29.2 Å². The Morgan fingerprint density at radius 3 is 2.59 bits per heavy atom. The second-order valence-corrected chi connectivity index (χ2v) is 9.80. The van der Waals surface area contributed by atoms with E-state index in [-0.39, 0.29) is 6.42 Å². The van der Waals surface area contributed by atoms with Gasteiger partial charge in [-0.15, -0.1) is 0 Å². The molecule has 0 radical (unpaired) electrons. The lowest BCUT2D eigenvalue weighted by Crippen LogP contribution is -2.42. The van der Waals surface area contributed by atoms with Gasteiger partial charge in [0.2, 0.25) is 0 Å². The maximum atomic E-state index is 13.8. The smallest absolute Gasteiger partial charge is 0.326 e. The zero-order valence-corrected chi connectivity index (χ0v) is 22.6. The molecule has 4 aromatic rings. The number of rotatable bonds is 11. The third-order valence-electron chi connectivity index (χ3n) is 6.25. The lowest BCUT2D eigenvalue weighted by atomic mass is 9.98. The molecule has 2 aromatic heterocycles. The molecular formula is C29H29FN4O4S. The van der Waals surface area contributed by atoms with Gasteiger partial charge in [-0.3, -0.25) is 4.79 Å². The second-order valence-electron chi connectivity index (χ2n) is 8.99. The first kappa shape index (κ1) is 27.7. The van der Waals surface area contributed by atoms with Crippen LogP contribution in [0.3, 0.4) is 0 Å². The highest BCUT2D eigenvalue weighted by atomic mass is 32.1. The number of aliphatic carboxylic acids is 1. The molecule has 202 valence electrons. The van der Waals surface area contributed by atoms with E-state index in [4.69, 9.17) is 4.74 Å². The number of hydrogen-bond acceptors (Lipinski definition) is 7. The summed E-state index contributed by atoms with van der Waals surface area (Å²) < 4.78 is 23.5. The van der Waals surface area contributed by atoms with Gasteiger partial charge in [0.05, 0.1) is 24.2 Å². The predicted molar refractivity (Wildman–Crippen MR) is 149 cm³/mol. The number of carbonyl (C=O) groups is 2. The number of nitrogens with one attached hydrogen (secondary N) is 2. The molecular weight excluding hydrogens is 519 g/mol. The first-order chi connectivity index (χ1) is 18.8. The van der Waals surface area contributed by atoms with Crippen LogP contribution in [0.4, 0.5) is 10.2 Å². The minimum atomic E-state index is -1.14. The first-order valence-electron chi connectivity index (χ1n) is 12.4. The highest BCUT2D eigenvalue weighted by Crippen LogP contribution is 2.26. The second kappa shape index (κ2) is 12.5. The van der Waals surface area contributed by atoms with E-state index in [0.717, 1.165) is 21.7 Å². The summed E-state index contributed by atoms with van der Waals surface area (Å²) in [5.74, 6) is -0.686. The summed E-state index contributed by atoms with van der Waals surface area (Å²) in [5.41, 5.74) is 3.90. The lowest BCUT2D eigenvalue weighted by Gasteiger charge is -2.17. The van der Waals surface area contributed by atoms with Crippen LogP contribution in [0.5, 0.6) is 5.75 Å². The quantitative estimate of drug-likeness (QED) is 0.234. The van der Waals surface area contributed by atoms with Crippen molar-refractivity contribution in [1.82, 2.24) is 14.7 Å². The van der Waals surface area contributed by atoms with E-state index < -0.39 is 23.7 Å². The van der Waals surface area contributed by atoms with Gasteiger partial charge >= 0.3 is 5.97 Å². The van der Waals surface area contributed by atoms with Crippen LogP contribution in [0.2, 0.25) is 0 Å². The van der Waals surface area contributed by atoms with Gasteiger partial charge in [0, 0.05) is 24.2 Å². The van der Waals surface area contributed by atoms with E-state index in [9.17, 15) is 19.1 Å². The summed E-state index contributed by atoms with van der Waals surface area (Å²) >= 11 is 1.37. The zero-order valence-electron chi connectivity index (χ0n) is 21.8. The van der Waals surface area contributed by atoms with Crippen LogP contribution in [0.1, 0.15) is 39.7 Å². The molecule has 10 heteroatoms. The summed E-state index contributed by atoms with van der Waals surface area (Å²) in [6, 6.07) is 14.5. The highest BCUT2D eigenvalue weighted by molar-refractivity contribution is 7.09. The van der Waals surface area contributed by atoms with E-state index >= 15 is 0 Å². The van der Waals surface area contributed by atoms with E-state index in [0.29, 0.717) is 41.2 Å². The average Bonchev–Trinajstić information content (AvgIpc) is 3.40. The van der Waals surface area contributed by atoms with E-state index in [1.807, 2.05) is 43.3 Å². The largest absolute Gasteiger partial charge is 0.497 e. The fourth-order valence-electron chi connectivity index (χ4n) is 4.23. The molecule has 4 rings (SSSR count). The van der Waals surface area contributed by atoms with Crippen molar-refractivity contribution < 1.29 is 23.8 Å². The maximum Gasteiger partial charge on any atom is 0.326 e. The van der Waals surface area contributed by atoms with Gasteiger partial charge < -0.3 is 20.5 Å². The van der Waals surface area contributed by atoms with E-state index in [2.05, 4.69) is 20.0 Å². The third kappa shape index (κ3) is 6.97. The van der Waals surface area contributed by atoms with Crippen molar-refractivity contribution in [2.45, 2.75) is 39.3 Å². The molecule has 0 spiro atoms. The van der Waals surface area contributed by atoms with Crippen LogP contribution in [0.25, 0.3) is 10.4 Å². The topological polar surface area (TPSA) is 113 Å². The molecule has 2 heterocycles. The van der Waals surface area contributed by atoms with Gasteiger partial charge in [-0.05, 0) is 71.4 Å². The molecule has 0 bridgehead atoms. The molecule has 39 heavy (non-hydrogen) atoms. The van der Waals surface area contributed by atoms with E-state index in [1.54, 1.807) is 26.3 Å². The Labute approximate surface area is 230 Å². The molecule has 1 amide bonds. The molecule has 1 atom stereocenters. The average molecular weight is 549 g/mol. The minimum absolute atomic E-state index is 0.106. The molecule has 8 nitrogen and oxygen atoms in total. The molecule has 0 saturated carbocycles. The van der Waals surface area contributed by atoms with Gasteiger partial charge in [-0.1, -0.05) is 31.2 Å². The zero-order chi connectivity index (χ0) is 27.9. The fraction of sp³-hybridized carbons (Fsp3) is 0.241. The van der Waals surface area contributed by atoms with Crippen molar-refractivity contribution in [3.8, 4) is 16.2 Å². The lowest BCUT2D eigenvalue weighted by molar-refractivity contribution is -0.139. The van der Waals surface area contributed by atoms with Crippen LogP contribution in [0, 0.1) is 12.7 Å². The Balaban J connectivity index is 1.40. The van der Waals surface area contributed by atoms with Crippen LogP contribution in [-0.2, 0) is 24.2 Å². The number of carboxylic acids is 1. The molecule has 3 N–H and O–H groups in total. The number of ether oxygens (including phenoxy) is 1. The number of nitrogens with zero attached hydrogens (tertiary/aromatic N) is 2. The molecule has 0 aliphatic rings. The van der Waals surface area contributed by atoms with Crippen molar-refractivity contribution in [3.05, 3.63) is 94.6 Å². The highest BCUT2D eigenvalue weighted by Gasteiger charge is 2.24. The van der Waals surface area contributed by atoms with Crippen LogP contribution in [0.15, 0.2) is 60.8 Å². The summed E-state index contributed by atoms with van der Waals surface area (Å²) in [5, 5.41) is 15.6. The van der Waals surface area contributed by atoms with Crippen molar-refractivity contribution in [2.75, 3.05) is 12.4 Å². The molecule has 1 unspecified atom stereocenters. The number of halogens is 1. The number of carboxylic acid groups (broad SMARTS) is 1. The van der Waals surface area contributed by atoms with Gasteiger partial charge in [-0.2, -0.15) is 4.37 Å². The summed E-state index contributed by atoms with van der Waals surface area (Å²) in [6.07, 6.45) is 2.23. The summed E-state index contributed by atoms with van der Waals surface area (Å²) in [7, 11) is 1.60. The van der Waals surface area contributed by atoms with Gasteiger partial charge in [0.15, 0.2) is 0 Å². The van der Waals surface area contributed by atoms with Crippen LogP contribution < -0.4 is 15.4 Å². The molecule has 0 aliphatic carbocycles. The Morgan fingerprint density at radius 2 is 1.90 bits per heavy atom. The number of carbonyl (C=O) groups excluding carboxylic acids is 1. The van der Waals surface area contributed by atoms with Gasteiger partial charge in [0.1, 0.15) is 23.4 Å². The minimum Gasteiger partial charge on any atom is -0.497 e. The monoisotopic (exact) mass is 548 g/mol. The molecule has 2 aromatic carbocycles. The Kier molecular flexibility index (Phi) is 8.88.